The van der Waals surface area contributed by atoms with Gasteiger partial charge in [0.2, 0.25) is 0 Å². The average Bonchev–Trinajstić information content (AvgIpc) is 2.39. The van der Waals surface area contributed by atoms with Crippen LogP contribution in [0.5, 0.6) is 0 Å². The van der Waals surface area contributed by atoms with Gasteiger partial charge in [0.1, 0.15) is 0 Å². The first kappa shape index (κ1) is 16.5. The van der Waals surface area contributed by atoms with Gasteiger partial charge < -0.3 is 10.1 Å². The van der Waals surface area contributed by atoms with Crippen molar-refractivity contribution in [2.24, 2.45) is 5.41 Å². The maximum atomic E-state index is 8.82. The van der Waals surface area contributed by atoms with Gasteiger partial charge in [-0.05, 0) is 51.4 Å². The van der Waals surface area contributed by atoms with Crippen molar-refractivity contribution in [1.82, 2.24) is 5.32 Å². The van der Waals surface area contributed by atoms with Gasteiger partial charge in [-0.2, -0.15) is 5.26 Å². The molecule has 1 heterocycles. The fourth-order valence-electron chi connectivity index (χ4n) is 3.03. The lowest BCUT2D eigenvalue weighted by Crippen LogP contribution is -2.47. The topological polar surface area (TPSA) is 45.0 Å². The Labute approximate surface area is 118 Å². The average molecular weight is 266 g/mol. The quantitative estimate of drug-likeness (QED) is 0.765. The van der Waals surface area contributed by atoms with Gasteiger partial charge in [0.25, 0.3) is 0 Å². The van der Waals surface area contributed by atoms with E-state index < -0.39 is 0 Å². The highest BCUT2D eigenvalue weighted by atomic mass is 16.5. The maximum absolute atomic E-state index is 8.82. The third-order valence-electron chi connectivity index (χ3n) is 4.73. The van der Waals surface area contributed by atoms with Crippen LogP contribution in [0.1, 0.15) is 66.2 Å². The summed E-state index contributed by atoms with van der Waals surface area (Å²) >= 11 is 0. The molecule has 3 heteroatoms. The van der Waals surface area contributed by atoms with Gasteiger partial charge in [0.15, 0.2) is 0 Å². The zero-order valence-corrected chi connectivity index (χ0v) is 13.1. The fourth-order valence-corrected chi connectivity index (χ4v) is 3.03. The van der Waals surface area contributed by atoms with Crippen molar-refractivity contribution in [3.05, 3.63) is 0 Å². The molecule has 3 nitrogen and oxygen atoms in total. The van der Waals surface area contributed by atoms with Crippen molar-refractivity contribution in [3.63, 3.8) is 0 Å². The van der Waals surface area contributed by atoms with Crippen molar-refractivity contribution in [2.45, 2.75) is 77.9 Å². The first-order valence-electron chi connectivity index (χ1n) is 7.71. The summed E-state index contributed by atoms with van der Waals surface area (Å²) in [7, 11) is 0. The number of ether oxygens (including phenoxy) is 1. The molecule has 0 aromatic rings. The Morgan fingerprint density at radius 2 is 2.05 bits per heavy atom. The molecule has 0 radical (unpaired) electrons. The largest absolute Gasteiger partial charge is 0.375 e. The van der Waals surface area contributed by atoms with Gasteiger partial charge in [-0.15, -0.1) is 0 Å². The van der Waals surface area contributed by atoms with Crippen LogP contribution in [0.3, 0.4) is 0 Å². The van der Waals surface area contributed by atoms with Crippen LogP contribution in [0, 0.1) is 16.7 Å². The lowest BCUT2D eigenvalue weighted by Gasteiger charge is -2.39. The second-order valence-electron chi connectivity index (χ2n) is 6.54. The van der Waals surface area contributed by atoms with Gasteiger partial charge in [-0.25, -0.2) is 0 Å². The zero-order valence-electron chi connectivity index (χ0n) is 13.1. The normalized spacial score (nSPS) is 23.0. The van der Waals surface area contributed by atoms with Crippen LogP contribution in [-0.4, -0.2) is 24.8 Å². The highest BCUT2D eigenvalue weighted by Gasteiger charge is 2.31. The van der Waals surface area contributed by atoms with E-state index in [2.05, 4.69) is 39.1 Å². The summed E-state index contributed by atoms with van der Waals surface area (Å²) in [5.41, 5.74) is 0.293. The Bertz CT molecular complexity index is 302. The molecule has 1 saturated heterocycles. The monoisotopic (exact) mass is 266 g/mol. The van der Waals surface area contributed by atoms with Crippen LogP contribution in [0.2, 0.25) is 0 Å². The third kappa shape index (κ3) is 5.12. The fraction of sp³-hybridized carbons (Fsp3) is 0.938. The predicted octanol–water partition coefficient (Wildman–Crippen LogP) is 3.64. The number of nitrogens with one attached hydrogen (secondary N) is 1. The van der Waals surface area contributed by atoms with Crippen LogP contribution in [0.4, 0.5) is 0 Å². The molecular weight excluding hydrogens is 236 g/mol. The van der Waals surface area contributed by atoms with Crippen LogP contribution < -0.4 is 5.32 Å². The molecule has 19 heavy (non-hydrogen) atoms. The lowest BCUT2D eigenvalue weighted by molar-refractivity contribution is -0.0641. The van der Waals surface area contributed by atoms with Crippen molar-refractivity contribution in [2.75, 3.05) is 13.2 Å². The first-order valence-corrected chi connectivity index (χ1v) is 7.71. The summed E-state index contributed by atoms with van der Waals surface area (Å²) in [6.07, 6.45) is 6.15. The molecule has 0 aromatic heterocycles. The minimum absolute atomic E-state index is 0.00363. The minimum atomic E-state index is 0.00363. The van der Waals surface area contributed by atoms with Gasteiger partial charge in [0, 0.05) is 25.6 Å². The molecule has 1 rings (SSSR count). The number of nitriles is 1. The summed E-state index contributed by atoms with van der Waals surface area (Å²) in [6.45, 7) is 10.7. The molecule has 0 aromatic carbocycles. The molecule has 0 spiro atoms. The molecule has 1 unspecified atom stereocenters. The molecule has 1 fully saturated rings. The summed E-state index contributed by atoms with van der Waals surface area (Å²) in [5, 5.41) is 12.6. The maximum Gasteiger partial charge on any atom is 0.0641 e. The van der Waals surface area contributed by atoms with E-state index in [9.17, 15) is 0 Å². The Balaban J connectivity index is 2.49. The molecule has 0 bridgehead atoms. The highest BCUT2D eigenvalue weighted by Crippen LogP contribution is 2.32. The summed E-state index contributed by atoms with van der Waals surface area (Å²) in [6, 6.07) is 2.85. The molecule has 1 N–H and O–H groups in total. The van der Waals surface area contributed by atoms with Crippen LogP contribution in [0.25, 0.3) is 0 Å². The Kier molecular flexibility index (Phi) is 6.29. The van der Waals surface area contributed by atoms with Crippen molar-refractivity contribution >= 4 is 0 Å². The number of nitrogens with zero attached hydrogens (tertiary/aromatic N) is 1. The van der Waals surface area contributed by atoms with Gasteiger partial charge in [-0.1, -0.05) is 13.8 Å². The molecule has 0 saturated carbocycles. The second kappa shape index (κ2) is 7.26. The van der Waals surface area contributed by atoms with E-state index in [1.807, 2.05) is 0 Å². The van der Waals surface area contributed by atoms with Gasteiger partial charge in [0.05, 0.1) is 11.7 Å². The highest BCUT2D eigenvalue weighted by molar-refractivity contribution is 4.88. The summed E-state index contributed by atoms with van der Waals surface area (Å²) < 4.78 is 5.76. The Morgan fingerprint density at radius 3 is 2.58 bits per heavy atom. The lowest BCUT2D eigenvalue weighted by atomic mass is 9.78. The van der Waals surface area contributed by atoms with Crippen LogP contribution in [-0.2, 0) is 4.74 Å². The van der Waals surface area contributed by atoms with Crippen molar-refractivity contribution < 1.29 is 4.74 Å². The second-order valence-corrected chi connectivity index (χ2v) is 6.54. The van der Waals surface area contributed by atoms with Crippen molar-refractivity contribution in [3.8, 4) is 6.07 Å². The molecule has 0 aliphatic carbocycles. The number of rotatable bonds is 7. The van der Waals surface area contributed by atoms with Crippen molar-refractivity contribution in [1.29, 1.82) is 5.26 Å². The summed E-state index contributed by atoms with van der Waals surface area (Å²) in [5.74, 6) is 0. The molecule has 0 amide bonds. The van der Waals surface area contributed by atoms with Gasteiger partial charge >= 0.3 is 0 Å². The minimum Gasteiger partial charge on any atom is -0.375 e. The zero-order chi connectivity index (χ0) is 14.4. The SMILES string of the molecule is CCC(CC)(CCC#N)CNC1CCOC(C)(C)C1. The van der Waals surface area contributed by atoms with Crippen LogP contribution >= 0.6 is 0 Å². The van der Waals surface area contributed by atoms with E-state index in [0.717, 1.165) is 45.3 Å². The summed E-state index contributed by atoms with van der Waals surface area (Å²) in [4.78, 5) is 0. The Morgan fingerprint density at radius 1 is 1.37 bits per heavy atom. The van der Waals surface area contributed by atoms with E-state index in [1.165, 1.54) is 0 Å². The van der Waals surface area contributed by atoms with E-state index in [4.69, 9.17) is 10.00 Å². The molecule has 110 valence electrons. The predicted molar refractivity (Wildman–Crippen MR) is 78.9 cm³/mol. The first-order chi connectivity index (χ1) is 8.97. The van der Waals surface area contributed by atoms with Gasteiger partial charge in [-0.3, -0.25) is 0 Å². The molecule has 1 aliphatic rings. The molecule has 1 atom stereocenters. The molecular formula is C16H30N2O. The van der Waals surface area contributed by atoms with E-state index >= 15 is 0 Å². The smallest absolute Gasteiger partial charge is 0.0641 e. The standard InChI is InChI=1S/C16H30N2O/c1-5-16(6-2,9-7-10-17)13-18-14-8-11-19-15(3,4)12-14/h14,18H,5-9,11-13H2,1-4H3. The Hall–Kier alpha value is -0.590. The van der Waals surface area contributed by atoms with E-state index in [0.29, 0.717) is 12.5 Å². The number of hydrogen-bond donors (Lipinski definition) is 1. The number of hydrogen-bond acceptors (Lipinski definition) is 3. The molecule has 1 aliphatic heterocycles. The van der Waals surface area contributed by atoms with E-state index in [-0.39, 0.29) is 11.0 Å². The van der Waals surface area contributed by atoms with E-state index in [1.54, 1.807) is 0 Å². The third-order valence-corrected chi connectivity index (χ3v) is 4.73. The van der Waals surface area contributed by atoms with Crippen LogP contribution in [0.15, 0.2) is 0 Å².